The van der Waals surface area contributed by atoms with Gasteiger partial charge in [-0.3, -0.25) is 0 Å². The normalized spacial score (nSPS) is 15.4. The molecule has 2 heteroatoms. The van der Waals surface area contributed by atoms with Crippen molar-refractivity contribution in [2.24, 2.45) is 11.8 Å². The standard InChI is InChI=1S/C13H19FO/c1-8(2)10(4)13(15)11-7-9(3)5-6-12(11)14/h5-8,10,13,15H,1-4H3. The fraction of sp³-hybridized carbons (Fsp3) is 0.538. The molecule has 0 aromatic heterocycles. The van der Waals surface area contributed by atoms with E-state index in [1.54, 1.807) is 12.1 Å². The van der Waals surface area contributed by atoms with E-state index in [4.69, 9.17) is 0 Å². The lowest BCUT2D eigenvalue weighted by Gasteiger charge is -2.23. The zero-order valence-corrected chi connectivity index (χ0v) is 9.79. The van der Waals surface area contributed by atoms with Crippen LogP contribution in [0.25, 0.3) is 0 Å². The average molecular weight is 210 g/mol. The minimum atomic E-state index is -0.718. The van der Waals surface area contributed by atoms with E-state index < -0.39 is 6.10 Å². The minimum absolute atomic E-state index is 0.0568. The Bertz CT molecular complexity index is 333. The second kappa shape index (κ2) is 4.75. The number of benzene rings is 1. The van der Waals surface area contributed by atoms with Gasteiger partial charge in [-0.05, 0) is 24.8 Å². The minimum Gasteiger partial charge on any atom is -0.388 e. The Morgan fingerprint density at radius 3 is 2.33 bits per heavy atom. The highest BCUT2D eigenvalue weighted by molar-refractivity contribution is 5.26. The van der Waals surface area contributed by atoms with Crippen molar-refractivity contribution in [3.63, 3.8) is 0 Å². The van der Waals surface area contributed by atoms with E-state index in [9.17, 15) is 9.50 Å². The van der Waals surface area contributed by atoms with Crippen LogP contribution in [0.5, 0.6) is 0 Å². The average Bonchev–Trinajstić information content (AvgIpc) is 2.19. The maximum Gasteiger partial charge on any atom is 0.129 e. The molecule has 0 bridgehead atoms. The summed E-state index contributed by atoms with van der Waals surface area (Å²) in [6, 6.07) is 4.85. The summed E-state index contributed by atoms with van der Waals surface area (Å²) in [5, 5.41) is 10.0. The quantitative estimate of drug-likeness (QED) is 0.810. The fourth-order valence-corrected chi connectivity index (χ4v) is 1.54. The van der Waals surface area contributed by atoms with Gasteiger partial charge in [0, 0.05) is 5.56 Å². The highest BCUT2D eigenvalue weighted by atomic mass is 19.1. The summed E-state index contributed by atoms with van der Waals surface area (Å²) in [7, 11) is 0. The molecule has 0 amide bonds. The first-order chi connectivity index (χ1) is 6.93. The molecule has 0 aliphatic carbocycles. The number of rotatable bonds is 3. The van der Waals surface area contributed by atoms with Crippen LogP contribution in [-0.2, 0) is 0 Å². The van der Waals surface area contributed by atoms with Gasteiger partial charge >= 0.3 is 0 Å². The van der Waals surface area contributed by atoms with E-state index in [-0.39, 0.29) is 11.7 Å². The number of aliphatic hydroxyl groups excluding tert-OH is 1. The van der Waals surface area contributed by atoms with Crippen molar-refractivity contribution in [3.8, 4) is 0 Å². The van der Waals surface area contributed by atoms with E-state index in [1.165, 1.54) is 6.07 Å². The number of aliphatic hydroxyl groups is 1. The summed E-state index contributed by atoms with van der Waals surface area (Å²) in [5.41, 5.74) is 1.39. The van der Waals surface area contributed by atoms with Gasteiger partial charge in [-0.1, -0.05) is 38.5 Å². The Morgan fingerprint density at radius 1 is 1.20 bits per heavy atom. The van der Waals surface area contributed by atoms with Gasteiger partial charge in [0.25, 0.3) is 0 Å². The van der Waals surface area contributed by atoms with E-state index in [0.29, 0.717) is 11.5 Å². The van der Waals surface area contributed by atoms with Gasteiger partial charge in [0.1, 0.15) is 5.82 Å². The van der Waals surface area contributed by atoms with Crippen LogP contribution < -0.4 is 0 Å². The first-order valence-corrected chi connectivity index (χ1v) is 5.37. The van der Waals surface area contributed by atoms with Gasteiger partial charge in [-0.25, -0.2) is 4.39 Å². The molecule has 1 rings (SSSR count). The van der Waals surface area contributed by atoms with Crippen LogP contribution in [0.15, 0.2) is 18.2 Å². The maximum atomic E-state index is 13.5. The Labute approximate surface area is 90.9 Å². The van der Waals surface area contributed by atoms with Crippen molar-refractivity contribution in [3.05, 3.63) is 35.1 Å². The molecule has 2 atom stereocenters. The Kier molecular flexibility index (Phi) is 3.86. The van der Waals surface area contributed by atoms with Gasteiger partial charge in [0.2, 0.25) is 0 Å². The van der Waals surface area contributed by atoms with Crippen LogP contribution in [0.2, 0.25) is 0 Å². The van der Waals surface area contributed by atoms with Gasteiger partial charge in [0.15, 0.2) is 0 Å². The van der Waals surface area contributed by atoms with E-state index in [0.717, 1.165) is 5.56 Å². The maximum absolute atomic E-state index is 13.5. The van der Waals surface area contributed by atoms with Crippen molar-refractivity contribution in [2.45, 2.75) is 33.8 Å². The van der Waals surface area contributed by atoms with Crippen LogP contribution in [-0.4, -0.2) is 5.11 Å². The summed E-state index contributed by atoms with van der Waals surface area (Å²) in [5.74, 6) is 0.0711. The smallest absolute Gasteiger partial charge is 0.129 e. The number of hydrogen-bond acceptors (Lipinski definition) is 1. The summed E-state index contributed by atoms with van der Waals surface area (Å²) < 4.78 is 13.5. The van der Waals surface area contributed by atoms with Crippen molar-refractivity contribution in [1.82, 2.24) is 0 Å². The van der Waals surface area contributed by atoms with Crippen molar-refractivity contribution in [2.75, 3.05) is 0 Å². The lowest BCUT2D eigenvalue weighted by atomic mass is 9.87. The molecule has 2 unspecified atom stereocenters. The van der Waals surface area contributed by atoms with Gasteiger partial charge in [0.05, 0.1) is 6.10 Å². The molecular weight excluding hydrogens is 191 g/mol. The molecule has 0 aliphatic heterocycles. The van der Waals surface area contributed by atoms with Gasteiger partial charge < -0.3 is 5.11 Å². The third-order valence-corrected chi connectivity index (χ3v) is 3.02. The van der Waals surface area contributed by atoms with Crippen LogP contribution in [0.1, 0.15) is 38.0 Å². The molecule has 1 nitrogen and oxygen atoms in total. The summed E-state index contributed by atoms with van der Waals surface area (Å²) in [6.45, 7) is 7.90. The topological polar surface area (TPSA) is 20.2 Å². The predicted octanol–water partition coefficient (Wildman–Crippen LogP) is 3.46. The predicted molar refractivity (Wildman–Crippen MR) is 60.1 cm³/mol. The zero-order chi connectivity index (χ0) is 11.6. The molecule has 0 saturated heterocycles. The molecule has 0 saturated carbocycles. The Morgan fingerprint density at radius 2 is 1.80 bits per heavy atom. The molecule has 0 radical (unpaired) electrons. The number of aryl methyl sites for hydroxylation is 1. The van der Waals surface area contributed by atoms with Crippen molar-refractivity contribution in [1.29, 1.82) is 0 Å². The number of hydrogen-bond donors (Lipinski definition) is 1. The molecule has 1 N–H and O–H groups in total. The lowest BCUT2D eigenvalue weighted by molar-refractivity contribution is 0.0886. The van der Waals surface area contributed by atoms with Gasteiger partial charge in [-0.2, -0.15) is 0 Å². The first-order valence-electron chi connectivity index (χ1n) is 5.37. The molecule has 0 fully saturated rings. The number of halogens is 1. The molecule has 0 heterocycles. The van der Waals surface area contributed by atoms with E-state index in [2.05, 4.69) is 0 Å². The third-order valence-electron chi connectivity index (χ3n) is 3.02. The summed E-state index contributed by atoms with van der Waals surface area (Å²) in [6.07, 6.45) is -0.718. The summed E-state index contributed by atoms with van der Waals surface area (Å²) >= 11 is 0. The van der Waals surface area contributed by atoms with Crippen LogP contribution in [0, 0.1) is 24.6 Å². The van der Waals surface area contributed by atoms with Crippen molar-refractivity contribution >= 4 is 0 Å². The summed E-state index contributed by atoms with van der Waals surface area (Å²) in [4.78, 5) is 0. The molecule has 15 heavy (non-hydrogen) atoms. The van der Waals surface area contributed by atoms with Crippen LogP contribution >= 0.6 is 0 Å². The first kappa shape index (κ1) is 12.2. The van der Waals surface area contributed by atoms with Crippen LogP contribution in [0.3, 0.4) is 0 Å². The lowest BCUT2D eigenvalue weighted by Crippen LogP contribution is -2.16. The SMILES string of the molecule is Cc1ccc(F)c(C(O)C(C)C(C)C)c1. The zero-order valence-electron chi connectivity index (χ0n) is 9.79. The van der Waals surface area contributed by atoms with Crippen LogP contribution in [0.4, 0.5) is 4.39 Å². The fourth-order valence-electron chi connectivity index (χ4n) is 1.54. The van der Waals surface area contributed by atoms with Gasteiger partial charge in [-0.15, -0.1) is 0 Å². The van der Waals surface area contributed by atoms with E-state index >= 15 is 0 Å². The molecule has 1 aromatic carbocycles. The van der Waals surface area contributed by atoms with E-state index in [1.807, 2.05) is 27.7 Å². The second-order valence-electron chi connectivity index (χ2n) is 4.57. The Balaban J connectivity index is 2.99. The monoisotopic (exact) mass is 210 g/mol. The highest BCUT2D eigenvalue weighted by Gasteiger charge is 2.22. The largest absolute Gasteiger partial charge is 0.388 e. The molecule has 1 aromatic rings. The molecule has 0 spiro atoms. The molecular formula is C13H19FO. The third kappa shape index (κ3) is 2.78. The van der Waals surface area contributed by atoms with Crippen molar-refractivity contribution < 1.29 is 9.50 Å². The molecule has 84 valence electrons. The Hall–Kier alpha value is -0.890. The molecule has 0 aliphatic rings. The highest BCUT2D eigenvalue weighted by Crippen LogP contribution is 2.29. The second-order valence-corrected chi connectivity index (χ2v) is 4.57.